The molecule has 60 valence electrons. The third-order valence-corrected chi connectivity index (χ3v) is 3.24. The third-order valence-electron chi connectivity index (χ3n) is 2.00. The van der Waals surface area contributed by atoms with Crippen LogP contribution in [0.2, 0.25) is 0 Å². The van der Waals surface area contributed by atoms with E-state index in [2.05, 4.69) is 16.7 Å². The highest BCUT2D eigenvalue weighted by molar-refractivity contribution is 7.99. The smallest absolute Gasteiger partial charge is 0.0971 e. The number of aryl methyl sites for hydroxylation is 2. The summed E-state index contributed by atoms with van der Waals surface area (Å²) >= 11 is 1.95. The molecule has 0 N–H and O–H groups in total. The summed E-state index contributed by atoms with van der Waals surface area (Å²) in [6.07, 6.45) is 4.39. The minimum Gasteiger partial charge on any atom is -0.259 e. The van der Waals surface area contributed by atoms with Crippen molar-refractivity contribution in [3.63, 3.8) is 0 Å². The van der Waals surface area contributed by atoms with E-state index in [0.717, 1.165) is 13.0 Å². The molecule has 1 aliphatic heterocycles. The lowest BCUT2D eigenvalue weighted by atomic mass is 10.3. The molecule has 0 radical (unpaired) electrons. The van der Waals surface area contributed by atoms with E-state index in [1.54, 1.807) is 0 Å². The molecule has 0 aliphatic carbocycles. The SMILES string of the molecule is CCc1cnn2c1SCCC2. The van der Waals surface area contributed by atoms with Crippen molar-refractivity contribution in [2.24, 2.45) is 0 Å². The molecule has 3 heteroatoms. The second-order valence-electron chi connectivity index (χ2n) is 2.75. The second-order valence-corrected chi connectivity index (χ2v) is 3.84. The fourth-order valence-electron chi connectivity index (χ4n) is 1.36. The third kappa shape index (κ3) is 1.18. The minimum atomic E-state index is 1.11. The zero-order valence-corrected chi connectivity index (χ0v) is 7.52. The highest BCUT2D eigenvalue weighted by Crippen LogP contribution is 2.27. The molecule has 0 amide bonds. The quantitative estimate of drug-likeness (QED) is 0.637. The van der Waals surface area contributed by atoms with Gasteiger partial charge in [0.1, 0.15) is 0 Å². The van der Waals surface area contributed by atoms with E-state index in [0.29, 0.717) is 0 Å². The Morgan fingerprint density at radius 3 is 3.45 bits per heavy atom. The first-order valence-electron chi connectivity index (χ1n) is 4.09. The fourth-order valence-corrected chi connectivity index (χ4v) is 2.50. The van der Waals surface area contributed by atoms with Crippen LogP contribution in [0.25, 0.3) is 0 Å². The molecular formula is C8H12N2S. The van der Waals surface area contributed by atoms with Gasteiger partial charge >= 0.3 is 0 Å². The number of hydrogen-bond donors (Lipinski definition) is 0. The summed E-state index contributed by atoms with van der Waals surface area (Å²) in [5.41, 5.74) is 1.41. The van der Waals surface area contributed by atoms with Crippen molar-refractivity contribution in [3.8, 4) is 0 Å². The number of aromatic nitrogens is 2. The predicted octanol–water partition coefficient (Wildman–Crippen LogP) is 1.94. The molecule has 0 spiro atoms. The summed E-state index contributed by atoms with van der Waals surface area (Å²) in [5.74, 6) is 1.26. The Kier molecular flexibility index (Phi) is 1.90. The van der Waals surface area contributed by atoms with E-state index in [1.165, 1.54) is 22.8 Å². The fraction of sp³-hybridized carbons (Fsp3) is 0.625. The van der Waals surface area contributed by atoms with Crippen molar-refractivity contribution in [1.29, 1.82) is 0 Å². The highest BCUT2D eigenvalue weighted by Gasteiger charge is 2.13. The molecule has 11 heavy (non-hydrogen) atoms. The average molecular weight is 168 g/mol. The number of fused-ring (bicyclic) bond motifs is 1. The number of rotatable bonds is 1. The maximum atomic E-state index is 4.32. The molecule has 2 nitrogen and oxygen atoms in total. The Balaban J connectivity index is 2.38. The Morgan fingerprint density at radius 1 is 1.73 bits per heavy atom. The maximum absolute atomic E-state index is 4.32. The van der Waals surface area contributed by atoms with Crippen LogP contribution in [-0.2, 0) is 13.0 Å². The first kappa shape index (κ1) is 7.22. The average Bonchev–Trinajstić information content (AvgIpc) is 2.47. The van der Waals surface area contributed by atoms with Gasteiger partial charge in [0.15, 0.2) is 0 Å². The molecule has 0 atom stereocenters. The largest absolute Gasteiger partial charge is 0.259 e. The van der Waals surface area contributed by atoms with Gasteiger partial charge in [-0.3, -0.25) is 4.68 Å². The minimum absolute atomic E-state index is 1.11. The van der Waals surface area contributed by atoms with E-state index in [4.69, 9.17) is 0 Å². The van der Waals surface area contributed by atoms with Crippen LogP contribution in [-0.4, -0.2) is 15.5 Å². The number of thioether (sulfide) groups is 1. The lowest BCUT2D eigenvalue weighted by molar-refractivity contribution is 0.546. The zero-order valence-electron chi connectivity index (χ0n) is 6.71. The number of nitrogens with zero attached hydrogens (tertiary/aromatic N) is 2. The first-order chi connectivity index (χ1) is 5.42. The van der Waals surface area contributed by atoms with Gasteiger partial charge in [-0.25, -0.2) is 0 Å². The van der Waals surface area contributed by atoms with Crippen LogP contribution in [0.5, 0.6) is 0 Å². The molecule has 1 aromatic heterocycles. The van der Waals surface area contributed by atoms with E-state index < -0.39 is 0 Å². The predicted molar refractivity (Wildman–Crippen MR) is 46.9 cm³/mol. The first-order valence-corrected chi connectivity index (χ1v) is 5.08. The van der Waals surface area contributed by atoms with Gasteiger partial charge in [0.05, 0.1) is 11.2 Å². The van der Waals surface area contributed by atoms with Crippen LogP contribution in [0.1, 0.15) is 18.9 Å². The number of hydrogen-bond acceptors (Lipinski definition) is 2. The van der Waals surface area contributed by atoms with Gasteiger partial charge in [-0.1, -0.05) is 6.92 Å². The monoisotopic (exact) mass is 168 g/mol. The molecule has 2 rings (SSSR count). The van der Waals surface area contributed by atoms with Crippen LogP contribution in [0.15, 0.2) is 11.2 Å². The molecule has 0 unspecified atom stereocenters. The maximum Gasteiger partial charge on any atom is 0.0971 e. The van der Waals surface area contributed by atoms with Crippen LogP contribution in [0.3, 0.4) is 0 Å². The van der Waals surface area contributed by atoms with E-state index in [9.17, 15) is 0 Å². The summed E-state index contributed by atoms with van der Waals surface area (Å²) in [6, 6.07) is 0. The molecule has 0 bridgehead atoms. The molecule has 2 heterocycles. The van der Waals surface area contributed by atoms with Crippen LogP contribution in [0, 0.1) is 0 Å². The molecule has 0 saturated heterocycles. The lowest BCUT2D eigenvalue weighted by Gasteiger charge is -2.13. The molecule has 0 aromatic carbocycles. The van der Waals surface area contributed by atoms with Crippen LogP contribution >= 0.6 is 11.8 Å². The summed E-state index contributed by atoms with van der Waals surface area (Å²) in [7, 11) is 0. The van der Waals surface area contributed by atoms with Gasteiger partial charge < -0.3 is 0 Å². The summed E-state index contributed by atoms with van der Waals surface area (Å²) in [6.45, 7) is 3.30. The zero-order chi connectivity index (χ0) is 7.68. The van der Waals surface area contributed by atoms with Crippen molar-refractivity contribution in [2.75, 3.05) is 5.75 Å². The van der Waals surface area contributed by atoms with Crippen LogP contribution < -0.4 is 0 Å². The van der Waals surface area contributed by atoms with E-state index in [1.807, 2.05) is 18.0 Å². The Labute approximate surface area is 71.0 Å². The van der Waals surface area contributed by atoms with Gasteiger partial charge in [0.2, 0.25) is 0 Å². The second kappa shape index (κ2) is 2.89. The van der Waals surface area contributed by atoms with E-state index in [-0.39, 0.29) is 0 Å². The molecular weight excluding hydrogens is 156 g/mol. The van der Waals surface area contributed by atoms with Crippen molar-refractivity contribution in [3.05, 3.63) is 11.8 Å². The van der Waals surface area contributed by atoms with Crippen molar-refractivity contribution < 1.29 is 0 Å². The van der Waals surface area contributed by atoms with Gasteiger partial charge in [0.25, 0.3) is 0 Å². The Bertz CT molecular complexity index is 241. The van der Waals surface area contributed by atoms with Crippen LogP contribution in [0.4, 0.5) is 0 Å². The van der Waals surface area contributed by atoms with Gasteiger partial charge in [-0.05, 0) is 12.8 Å². The summed E-state index contributed by atoms with van der Waals surface area (Å²) in [5, 5.41) is 5.72. The topological polar surface area (TPSA) is 17.8 Å². The highest BCUT2D eigenvalue weighted by atomic mass is 32.2. The normalized spacial score (nSPS) is 16.5. The van der Waals surface area contributed by atoms with Gasteiger partial charge in [-0.15, -0.1) is 11.8 Å². The van der Waals surface area contributed by atoms with Crippen molar-refractivity contribution in [1.82, 2.24) is 9.78 Å². The van der Waals surface area contributed by atoms with Gasteiger partial charge in [-0.2, -0.15) is 5.10 Å². The Hall–Kier alpha value is -0.440. The lowest BCUT2D eigenvalue weighted by Crippen LogP contribution is -2.08. The summed E-state index contributed by atoms with van der Waals surface area (Å²) < 4.78 is 2.13. The molecule has 1 aromatic rings. The summed E-state index contributed by atoms with van der Waals surface area (Å²) in [4.78, 5) is 0. The molecule has 1 aliphatic rings. The standard InChI is InChI=1S/C8H12N2S/c1-2-7-6-9-10-4-3-5-11-8(7)10/h6H,2-5H2,1H3. The molecule has 0 fully saturated rings. The van der Waals surface area contributed by atoms with Crippen molar-refractivity contribution >= 4 is 11.8 Å². The van der Waals surface area contributed by atoms with Gasteiger partial charge in [0, 0.05) is 17.9 Å². The van der Waals surface area contributed by atoms with Crippen molar-refractivity contribution in [2.45, 2.75) is 31.3 Å². The van der Waals surface area contributed by atoms with E-state index >= 15 is 0 Å². The molecule has 0 saturated carbocycles. The Morgan fingerprint density at radius 2 is 2.64 bits per heavy atom.